The fraction of sp³-hybridized carbons (Fsp3) is 0.545. The van der Waals surface area contributed by atoms with Gasteiger partial charge in [0.15, 0.2) is 5.96 Å². The highest BCUT2D eigenvalue weighted by Gasteiger charge is 2.20. The molecule has 1 aliphatic heterocycles. The molecular formula is C22H33N5S. The van der Waals surface area contributed by atoms with E-state index in [0.717, 1.165) is 64.4 Å². The Kier molecular flexibility index (Phi) is 8.30. The summed E-state index contributed by atoms with van der Waals surface area (Å²) in [7, 11) is 0. The van der Waals surface area contributed by atoms with E-state index in [9.17, 15) is 0 Å². The first-order valence-corrected chi connectivity index (χ1v) is 11.3. The predicted octanol–water partition coefficient (Wildman–Crippen LogP) is 3.47. The minimum absolute atomic E-state index is 0.497. The number of hydrogen-bond donors (Lipinski definition) is 2. The zero-order valence-corrected chi connectivity index (χ0v) is 18.0. The van der Waals surface area contributed by atoms with Gasteiger partial charge in [0.25, 0.3) is 0 Å². The molecule has 28 heavy (non-hydrogen) atoms. The van der Waals surface area contributed by atoms with E-state index in [0.29, 0.717) is 6.04 Å². The van der Waals surface area contributed by atoms with Crippen LogP contribution in [0, 0.1) is 0 Å². The Morgan fingerprint density at radius 1 is 1.21 bits per heavy atom. The van der Waals surface area contributed by atoms with Crippen LogP contribution in [0.15, 0.2) is 41.5 Å². The number of aliphatic imine (C=N–C) groups is 1. The van der Waals surface area contributed by atoms with Crippen LogP contribution in [0.1, 0.15) is 42.1 Å². The van der Waals surface area contributed by atoms with Gasteiger partial charge in [0.2, 0.25) is 0 Å². The number of benzene rings is 1. The molecule has 1 saturated heterocycles. The number of thiazole rings is 1. The van der Waals surface area contributed by atoms with Gasteiger partial charge in [-0.1, -0.05) is 37.3 Å². The minimum atomic E-state index is 0.497. The van der Waals surface area contributed by atoms with E-state index in [1.165, 1.54) is 15.4 Å². The monoisotopic (exact) mass is 399 g/mol. The van der Waals surface area contributed by atoms with Crippen molar-refractivity contribution in [3.8, 4) is 0 Å². The summed E-state index contributed by atoms with van der Waals surface area (Å²) >= 11 is 1.81. The molecule has 1 fully saturated rings. The molecule has 0 amide bonds. The van der Waals surface area contributed by atoms with Crippen molar-refractivity contribution >= 4 is 17.3 Å². The Morgan fingerprint density at radius 3 is 2.68 bits per heavy atom. The summed E-state index contributed by atoms with van der Waals surface area (Å²) in [6.45, 7) is 9.27. The number of piperidine rings is 1. The molecule has 0 aliphatic carbocycles. The molecule has 3 rings (SSSR count). The zero-order valence-electron chi connectivity index (χ0n) is 17.2. The molecule has 2 N–H and O–H groups in total. The van der Waals surface area contributed by atoms with Gasteiger partial charge in [0.1, 0.15) is 0 Å². The normalized spacial score (nSPS) is 16.3. The summed E-state index contributed by atoms with van der Waals surface area (Å²) in [5, 5.41) is 8.22. The number of aryl methyl sites for hydroxylation is 1. The van der Waals surface area contributed by atoms with Gasteiger partial charge in [-0.25, -0.2) is 4.98 Å². The van der Waals surface area contributed by atoms with Crippen LogP contribution in [-0.2, 0) is 19.4 Å². The lowest BCUT2D eigenvalue weighted by Gasteiger charge is -2.33. The number of rotatable bonds is 8. The molecule has 152 valence electrons. The molecule has 0 saturated carbocycles. The van der Waals surface area contributed by atoms with Crippen molar-refractivity contribution in [2.45, 2.75) is 52.1 Å². The number of hydrogen-bond acceptors (Lipinski definition) is 4. The van der Waals surface area contributed by atoms with E-state index < -0.39 is 0 Å². The molecule has 0 radical (unpaired) electrons. The SMILES string of the molecule is CCNC(=NCCc1ncc(CC)s1)NC1CCN(Cc2ccccc2)CC1. The molecule has 0 unspecified atom stereocenters. The lowest BCUT2D eigenvalue weighted by atomic mass is 10.0. The topological polar surface area (TPSA) is 52.6 Å². The van der Waals surface area contributed by atoms with Gasteiger partial charge in [-0.2, -0.15) is 0 Å². The Morgan fingerprint density at radius 2 is 2.00 bits per heavy atom. The molecule has 0 spiro atoms. The first-order valence-electron chi connectivity index (χ1n) is 10.5. The third-order valence-corrected chi connectivity index (χ3v) is 6.27. The van der Waals surface area contributed by atoms with Crippen molar-refractivity contribution in [3.05, 3.63) is 52.0 Å². The van der Waals surface area contributed by atoms with Crippen molar-refractivity contribution in [2.75, 3.05) is 26.2 Å². The lowest BCUT2D eigenvalue weighted by Crippen LogP contribution is -2.48. The van der Waals surface area contributed by atoms with E-state index in [-0.39, 0.29) is 0 Å². The molecule has 1 aromatic carbocycles. The maximum Gasteiger partial charge on any atom is 0.191 e. The summed E-state index contributed by atoms with van der Waals surface area (Å²) in [6, 6.07) is 11.3. The second-order valence-corrected chi connectivity index (χ2v) is 8.46. The Hall–Kier alpha value is -1.92. The maximum absolute atomic E-state index is 4.77. The highest BCUT2D eigenvalue weighted by atomic mass is 32.1. The van der Waals surface area contributed by atoms with Crippen molar-refractivity contribution in [3.63, 3.8) is 0 Å². The molecule has 0 atom stereocenters. The molecule has 2 heterocycles. The van der Waals surface area contributed by atoms with E-state index in [1.54, 1.807) is 0 Å². The molecule has 1 aromatic heterocycles. The summed E-state index contributed by atoms with van der Waals surface area (Å²) in [5.41, 5.74) is 1.40. The predicted molar refractivity (Wildman–Crippen MR) is 119 cm³/mol. The second kappa shape index (κ2) is 11.2. The van der Waals surface area contributed by atoms with Crippen LogP contribution in [0.2, 0.25) is 0 Å². The van der Waals surface area contributed by atoms with Crippen LogP contribution in [0.25, 0.3) is 0 Å². The fourth-order valence-corrected chi connectivity index (χ4v) is 4.33. The standard InChI is InChI=1S/C22H33N5S/c1-3-20-16-25-21(28-20)10-13-24-22(23-4-2)26-19-11-14-27(15-12-19)17-18-8-6-5-7-9-18/h5-9,16,19H,3-4,10-15,17H2,1-2H3,(H2,23,24,26). The van der Waals surface area contributed by atoms with Gasteiger partial charge in [0, 0.05) is 56.3 Å². The Labute approximate surface area is 173 Å². The second-order valence-electron chi connectivity index (χ2n) is 7.26. The maximum atomic E-state index is 4.77. The number of nitrogens with one attached hydrogen (secondary N) is 2. The molecule has 0 bridgehead atoms. The van der Waals surface area contributed by atoms with Gasteiger partial charge in [-0.05, 0) is 31.7 Å². The summed E-state index contributed by atoms with van der Waals surface area (Å²) in [5.74, 6) is 0.941. The average molecular weight is 400 g/mol. The molecular weight excluding hydrogens is 366 g/mol. The highest BCUT2D eigenvalue weighted by molar-refractivity contribution is 7.11. The van der Waals surface area contributed by atoms with Crippen molar-refractivity contribution in [1.29, 1.82) is 0 Å². The number of guanidine groups is 1. The summed E-state index contributed by atoms with van der Waals surface area (Å²) in [6.07, 6.45) is 6.29. The zero-order chi connectivity index (χ0) is 19.6. The third kappa shape index (κ3) is 6.60. The van der Waals surface area contributed by atoms with Gasteiger partial charge in [-0.15, -0.1) is 11.3 Å². The number of aromatic nitrogens is 1. The van der Waals surface area contributed by atoms with Gasteiger partial charge in [-0.3, -0.25) is 9.89 Å². The summed E-state index contributed by atoms with van der Waals surface area (Å²) in [4.78, 5) is 13.2. The smallest absolute Gasteiger partial charge is 0.191 e. The highest BCUT2D eigenvalue weighted by Crippen LogP contribution is 2.15. The van der Waals surface area contributed by atoms with Gasteiger partial charge >= 0.3 is 0 Å². The van der Waals surface area contributed by atoms with Gasteiger partial charge < -0.3 is 10.6 Å². The van der Waals surface area contributed by atoms with Crippen LogP contribution in [0.5, 0.6) is 0 Å². The van der Waals surface area contributed by atoms with Crippen molar-refractivity contribution in [1.82, 2.24) is 20.5 Å². The van der Waals surface area contributed by atoms with E-state index in [1.807, 2.05) is 17.5 Å². The largest absolute Gasteiger partial charge is 0.357 e. The van der Waals surface area contributed by atoms with Crippen LogP contribution < -0.4 is 10.6 Å². The van der Waals surface area contributed by atoms with E-state index in [2.05, 4.69) is 64.7 Å². The Bertz CT molecular complexity index is 720. The van der Waals surface area contributed by atoms with Crippen LogP contribution in [-0.4, -0.2) is 48.1 Å². The van der Waals surface area contributed by atoms with Crippen LogP contribution in [0.3, 0.4) is 0 Å². The summed E-state index contributed by atoms with van der Waals surface area (Å²) < 4.78 is 0. The van der Waals surface area contributed by atoms with E-state index >= 15 is 0 Å². The first kappa shape index (κ1) is 20.8. The van der Waals surface area contributed by atoms with Crippen molar-refractivity contribution < 1.29 is 0 Å². The van der Waals surface area contributed by atoms with Crippen LogP contribution >= 0.6 is 11.3 Å². The molecule has 1 aliphatic rings. The fourth-order valence-electron chi connectivity index (χ4n) is 3.48. The van der Waals surface area contributed by atoms with E-state index in [4.69, 9.17) is 4.99 Å². The minimum Gasteiger partial charge on any atom is -0.357 e. The Balaban J connectivity index is 1.43. The molecule has 6 heteroatoms. The quantitative estimate of drug-likeness (QED) is 0.527. The number of likely N-dealkylation sites (tertiary alicyclic amines) is 1. The average Bonchev–Trinajstić information content (AvgIpc) is 3.18. The van der Waals surface area contributed by atoms with Gasteiger partial charge in [0.05, 0.1) is 5.01 Å². The third-order valence-electron chi connectivity index (χ3n) is 5.07. The number of nitrogens with zero attached hydrogens (tertiary/aromatic N) is 3. The lowest BCUT2D eigenvalue weighted by molar-refractivity contribution is 0.198. The van der Waals surface area contributed by atoms with Crippen molar-refractivity contribution in [2.24, 2.45) is 4.99 Å². The first-order chi connectivity index (χ1) is 13.8. The van der Waals surface area contributed by atoms with Crippen LogP contribution in [0.4, 0.5) is 0 Å². The molecule has 2 aromatic rings. The molecule has 5 nitrogen and oxygen atoms in total.